The SMILES string of the molecule is Cc1cc(OCCCS(C)(=O)=O)c(F)c(C)c1-c1cccc(COc2ccc(B3OC(=O)CN(C)CC(=O)O3)cc2)c1. The molecule has 0 amide bonds. The molecule has 1 fully saturated rings. The smallest absolute Gasteiger partial charge is 0.494 e. The lowest BCUT2D eigenvalue weighted by Crippen LogP contribution is -2.47. The lowest BCUT2D eigenvalue weighted by molar-refractivity contribution is -0.145. The maximum atomic E-state index is 15.2. The van der Waals surface area contributed by atoms with E-state index in [0.717, 1.165) is 28.5 Å². The van der Waals surface area contributed by atoms with Gasteiger partial charge in [0.1, 0.15) is 22.2 Å². The van der Waals surface area contributed by atoms with Crippen LogP contribution < -0.4 is 14.9 Å². The molecule has 3 aromatic carbocycles. The van der Waals surface area contributed by atoms with Crippen LogP contribution in [0.4, 0.5) is 4.39 Å². The van der Waals surface area contributed by atoms with Gasteiger partial charge in [-0.25, -0.2) is 12.8 Å². The number of rotatable bonds is 10. The first kappa shape index (κ1) is 31.0. The van der Waals surface area contributed by atoms with Crippen LogP contribution in [-0.2, 0) is 35.3 Å². The van der Waals surface area contributed by atoms with E-state index in [-0.39, 0.29) is 44.2 Å². The predicted octanol–water partition coefficient (Wildman–Crippen LogP) is 3.23. The topological polar surface area (TPSA) is 108 Å². The highest BCUT2D eigenvalue weighted by Gasteiger charge is 2.33. The van der Waals surface area contributed by atoms with Gasteiger partial charge in [-0.2, -0.15) is 0 Å². The molecule has 0 aromatic heterocycles. The van der Waals surface area contributed by atoms with E-state index in [1.54, 1.807) is 44.3 Å². The van der Waals surface area contributed by atoms with Crippen LogP contribution in [0.1, 0.15) is 23.1 Å². The zero-order valence-electron chi connectivity index (χ0n) is 24.0. The lowest BCUT2D eigenvalue weighted by Gasteiger charge is -2.22. The molecule has 1 saturated heterocycles. The Hall–Kier alpha value is -3.90. The third-order valence-electron chi connectivity index (χ3n) is 6.63. The van der Waals surface area contributed by atoms with Crippen LogP contribution in [0.3, 0.4) is 0 Å². The normalized spacial score (nSPS) is 14.5. The molecule has 0 spiro atoms. The maximum Gasteiger partial charge on any atom is 0.636 e. The van der Waals surface area contributed by atoms with E-state index in [1.165, 1.54) is 4.90 Å². The first-order valence-corrected chi connectivity index (χ1v) is 15.5. The molecule has 0 bridgehead atoms. The molecule has 4 rings (SSSR count). The molecule has 1 aliphatic heterocycles. The number of hydrogen-bond acceptors (Lipinski definition) is 9. The number of sulfone groups is 1. The van der Waals surface area contributed by atoms with Crippen molar-refractivity contribution in [3.63, 3.8) is 0 Å². The lowest BCUT2D eigenvalue weighted by atomic mass is 9.78. The second-order valence-electron chi connectivity index (χ2n) is 10.4. The molecule has 0 aliphatic carbocycles. The van der Waals surface area contributed by atoms with Crippen molar-refractivity contribution in [1.82, 2.24) is 4.90 Å². The molecule has 42 heavy (non-hydrogen) atoms. The second kappa shape index (κ2) is 13.4. The molecule has 0 saturated carbocycles. The minimum Gasteiger partial charge on any atom is -0.494 e. The molecule has 1 aliphatic rings. The van der Waals surface area contributed by atoms with E-state index in [9.17, 15) is 18.0 Å². The van der Waals surface area contributed by atoms with E-state index in [0.29, 0.717) is 16.8 Å². The highest BCUT2D eigenvalue weighted by molar-refractivity contribution is 7.90. The quantitative estimate of drug-likeness (QED) is 0.257. The summed E-state index contributed by atoms with van der Waals surface area (Å²) in [5.41, 5.74) is 4.20. The summed E-state index contributed by atoms with van der Waals surface area (Å²) >= 11 is 0. The Labute approximate surface area is 245 Å². The summed E-state index contributed by atoms with van der Waals surface area (Å²) in [6.45, 7) is 3.89. The van der Waals surface area contributed by atoms with Gasteiger partial charge in [0.15, 0.2) is 11.6 Å². The molecule has 0 atom stereocenters. The molecule has 0 N–H and O–H groups in total. The van der Waals surface area contributed by atoms with Gasteiger partial charge < -0.3 is 18.8 Å². The van der Waals surface area contributed by atoms with Gasteiger partial charge in [0.05, 0.1) is 25.4 Å². The fourth-order valence-electron chi connectivity index (χ4n) is 4.65. The third kappa shape index (κ3) is 8.33. The van der Waals surface area contributed by atoms with Gasteiger partial charge in [0.25, 0.3) is 0 Å². The zero-order chi connectivity index (χ0) is 30.4. The number of carbonyl (C=O) groups is 2. The summed E-state index contributed by atoms with van der Waals surface area (Å²) in [6, 6.07) is 16.0. The van der Waals surface area contributed by atoms with Gasteiger partial charge >= 0.3 is 19.1 Å². The van der Waals surface area contributed by atoms with Crippen LogP contribution in [0.25, 0.3) is 11.1 Å². The van der Waals surface area contributed by atoms with Crippen LogP contribution in [-0.4, -0.2) is 71.1 Å². The van der Waals surface area contributed by atoms with Crippen molar-refractivity contribution in [1.29, 1.82) is 0 Å². The Morgan fingerprint density at radius 3 is 2.29 bits per heavy atom. The average Bonchev–Trinajstić information content (AvgIpc) is 2.91. The van der Waals surface area contributed by atoms with Crippen molar-refractivity contribution in [2.24, 2.45) is 0 Å². The number of benzene rings is 3. The molecule has 12 heteroatoms. The number of likely N-dealkylation sites (N-methyl/N-ethyl adjacent to an activating group) is 1. The van der Waals surface area contributed by atoms with Crippen molar-refractivity contribution < 1.29 is 41.2 Å². The Balaban J connectivity index is 1.42. The highest BCUT2D eigenvalue weighted by Crippen LogP contribution is 2.34. The minimum absolute atomic E-state index is 0.0111. The van der Waals surface area contributed by atoms with E-state index in [2.05, 4.69) is 0 Å². The molecular weight excluding hydrogens is 564 g/mol. The second-order valence-corrected chi connectivity index (χ2v) is 12.6. The van der Waals surface area contributed by atoms with Gasteiger partial charge in [-0.15, -0.1) is 0 Å². The third-order valence-corrected chi connectivity index (χ3v) is 7.66. The number of aryl methyl sites for hydroxylation is 1. The van der Waals surface area contributed by atoms with Crippen molar-refractivity contribution in [2.45, 2.75) is 26.9 Å². The Bertz CT molecular complexity index is 1540. The van der Waals surface area contributed by atoms with Crippen LogP contribution in [0.2, 0.25) is 0 Å². The first-order valence-electron chi connectivity index (χ1n) is 13.4. The standard InChI is InChI=1S/C30H33BFNO8S/c1-20-15-26(38-13-6-14-42(4,36)37)30(32)21(2)29(20)23-8-5-7-22(16-23)19-39-25-11-9-24(10-12-25)31-40-27(34)17-33(3)18-28(35)41-31/h5,7-12,15-16H,6,13-14,17-19H2,1-4H3. The summed E-state index contributed by atoms with van der Waals surface area (Å²) in [5.74, 6) is -0.832. The van der Waals surface area contributed by atoms with Crippen LogP contribution in [0.15, 0.2) is 54.6 Å². The summed E-state index contributed by atoms with van der Waals surface area (Å²) in [6.07, 6.45) is 1.44. The van der Waals surface area contributed by atoms with Gasteiger partial charge in [-0.3, -0.25) is 14.5 Å². The molecule has 0 unspecified atom stereocenters. The fraction of sp³-hybridized carbons (Fsp3) is 0.333. The number of ether oxygens (including phenoxy) is 2. The summed E-state index contributed by atoms with van der Waals surface area (Å²) < 4.78 is 60.0. The van der Waals surface area contributed by atoms with Crippen LogP contribution >= 0.6 is 0 Å². The monoisotopic (exact) mass is 597 g/mol. The molecule has 1 heterocycles. The van der Waals surface area contributed by atoms with E-state index in [4.69, 9.17) is 18.8 Å². The summed E-state index contributed by atoms with van der Waals surface area (Å²) in [5, 5.41) is 0. The van der Waals surface area contributed by atoms with Crippen molar-refractivity contribution in [3.8, 4) is 22.6 Å². The average molecular weight is 597 g/mol. The van der Waals surface area contributed by atoms with Crippen LogP contribution in [0, 0.1) is 19.7 Å². The summed E-state index contributed by atoms with van der Waals surface area (Å²) in [4.78, 5) is 25.6. The van der Waals surface area contributed by atoms with E-state index in [1.807, 2.05) is 31.2 Å². The molecular formula is C30H33BFNO8S. The Morgan fingerprint density at radius 1 is 0.976 bits per heavy atom. The van der Waals surface area contributed by atoms with E-state index < -0.39 is 34.7 Å². The Kier molecular flexibility index (Phi) is 9.90. The zero-order valence-corrected chi connectivity index (χ0v) is 24.8. The molecule has 3 aromatic rings. The largest absolute Gasteiger partial charge is 0.636 e. The number of nitrogens with zero attached hydrogens (tertiary/aromatic N) is 1. The van der Waals surface area contributed by atoms with Gasteiger partial charge in [-0.1, -0.05) is 30.3 Å². The fourth-order valence-corrected chi connectivity index (χ4v) is 5.29. The summed E-state index contributed by atoms with van der Waals surface area (Å²) in [7, 11) is -2.60. The maximum absolute atomic E-state index is 15.2. The van der Waals surface area contributed by atoms with Crippen LogP contribution in [0.5, 0.6) is 11.5 Å². The van der Waals surface area contributed by atoms with Crippen molar-refractivity contribution >= 4 is 34.4 Å². The van der Waals surface area contributed by atoms with Gasteiger partial charge in [0.2, 0.25) is 0 Å². The first-order chi connectivity index (χ1) is 19.9. The minimum atomic E-state index is -3.11. The predicted molar refractivity (Wildman–Crippen MR) is 157 cm³/mol. The number of hydrogen-bond donors (Lipinski definition) is 0. The highest BCUT2D eigenvalue weighted by atomic mass is 32.2. The van der Waals surface area contributed by atoms with E-state index >= 15 is 4.39 Å². The number of carbonyl (C=O) groups excluding carboxylic acids is 2. The van der Waals surface area contributed by atoms with Gasteiger partial charge in [-0.05, 0) is 79.4 Å². The number of halogens is 1. The molecule has 9 nitrogen and oxygen atoms in total. The molecule has 0 radical (unpaired) electrons. The van der Waals surface area contributed by atoms with Gasteiger partial charge in [0, 0.05) is 11.7 Å². The Morgan fingerprint density at radius 2 is 1.64 bits per heavy atom. The van der Waals surface area contributed by atoms with Crippen molar-refractivity contribution in [2.75, 3.05) is 38.8 Å². The molecule has 222 valence electrons. The van der Waals surface area contributed by atoms with Crippen molar-refractivity contribution in [3.05, 3.63) is 77.1 Å².